The number of piperidine rings is 1. The van der Waals surface area contributed by atoms with Crippen LogP contribution in [0.4, 0.5) is 24.8 Å². The van der Waals surface area contributed by atoms with Crippen molar-refractivity contribution in [2.75, 3.05) is 23.7 Å². The van der Waals surface area contributed by atoms with Crippen LogP contribution >= 0.6 is 0 Å². The van der Waals surface area contributed by atoms with Gasteiger partial charge in [0.2, 0.25) is 0 Å². The maximum atomic E-state index is 12.7. The summed E-state index contributed by atoms with van der Waals surface area (Å²) in [5.41, 5.74) is 6.65. The van der Waals surface area contributed by atoms with Crippen molar-refractivity contribution in [2.24, 2.45) is 5.92 Å². The molecule has 0 spiro atoms. The van der Waals surface area contributed by atoms with Crippen LogP contribution in [0.15, 0.2) is 0 Å². The number of hydrogen-bond donors (Lipinski definition) is 1. The zero-order valence-electron chi connectivity index (χ0n) is 12.5. The molecule has 1 aliphatic heterocycles. The molecule has 0 atom stereocenters. The summed E-state index contributed by atoms with van der Waals surface area (Å²) < 4.78 is 38.2. The van der Waals surface area contributed by atoms with E-state index in [-0.39, 0.29) is 18.8 Å². The van der Waals surface area contributed by atoms with Gasteiger partial charge in [-0.05, 0) is 19.8 Å². The minimum Gasteiger partial charge on any atom is -0.383 e. The highest BCUT2D eigenvalue weighted by Crippen LogP contribution is 2.36. The third kappa shape index (κ3) is 3.39. The first-order valence-electron chi connectivity index (χ1n) is 7.15. The Morgan fingerprint density at radius 3 is 2.24 bits per heavy atom. The molecular weight excluding hydrogens is 281 g/mol. The van der Waals surface area contributed by atoms with Crippen LogP contribution in [0.5, 0.6) is 0 Å². The summed E-state index contributed by atoms with van der Waals surface area (Å²) >= 11 is 0. The van der Waals surface area contributed by atoms with Gasteiger partial charge in [0.1, 0.15) is 17.5 Å². The van der Waals surface area contributed by atoms with Crippen molar-refractivity contribution in [1.82, 2.24) is 9.97 Å². The predicted molar refractivity (Wildman–Crippen MR) is 76.3 cm³/mol. The fraction of sp³-hybridized carbons (Fsp3) is 0.714. The van der Waals surface area contributed by atoms with Crippen LogP contribution in [0.3, 0.4) is 0 Å². The van der Waals surface area contributed by atoms with E-state index in [1.54, 1.807) is 0 Å². The van der Waals surface area contributed by atoms with Crippen LogP contribution in [-0.2, 0) is 0 Å². The predicted octanol–water partition coefficient (Wildman–Crippen LogP) is 3.27. The number of alkyl halides is 3. The van der Waals surface area contributed by atoms with Gasteiger partial charge < -0.3 is 10.6 Å². The Morgan fingerprint density at radius 1 is 1.19 bits per heavy atom. The zero-order chi connectivity index (χ0) is 15.8. The minimum absolute atomic E-state index is 0.101. The molecule has 0 radical (unpaired) electrons. The number of halogens is 3. The first kappa shape index (κ1) is 15.9. The summed E-state index contributed by atoms with van der Waals surface area (Å²) in [7, 11) is 0. The van der Waals surface area contributed by atoms with Crippen LogP contribution in [0.1, 0.15) is 44.0 Å². The average molecular weight is 302 g/mol. The maximum absolute atomic E-state index is 12.7. The molecule has 2 N–H and O–H groups in total. The van der Waals surface area contributed by atoms with Crippen molar-refractivity contribution in [3.05, 3.63) is 11.4 Å². The van der Waals surface area contributed by atoms with Crippen LogP contribution in [0, 0.1) is 12.8 Å². The molecule has 0 saturated carbocycles. The van der Waals surface area contributed by atoms with Crippen LogP contribution in [0.2, 0.25) is 0 Å². The summed E-state index contributed by atoms with van der Waals surface area (Å²) in [6.45, 7) is 6.43. The lowest BCUT2D eigenvalue weighted by Crippen LogP contribution is -2.40. The van der Waals surface area contributed by atoms with Gasteiger partial charge in [0, 0.05) is 24.6 Å². The number of hydrogen-bond acceptors (Lipinski definition) is 4. The maximum Gasteiger partial charge on any atom is 0.391 e. The highest BCUT2D eigenvalue weighted by molar-refractivity contribution is 5.56. The molecule has 1 aromatic heterocycles. The summed E-state index contributed by atoms with van der Waals surface area (Å²) in [5, 5.41) is 0. The zero-order valence-corrected chi connectivity index (χ0v) is 12.5. The second kappa shape index (κ2) is 5.69. The van der Waals surface area contributed by atoms with Gasteiger partial charge in [-0.15, -0.1) is 0 Å². The van der Waals surface area contributed by atoms with Crippen molar-refractivity contribution in [2.45, 2.75) is 45.7 Å². The van der Waals surface area contributed by atoms with E-state index in [1.165, 1.54) is 0 Å². The van der Waals surface area contributed by atoms with E-state index in [0.717, 1.165) is 5.56 Å². The van der Waals surface area contributed by atoms with E-state index in [9.17, 15) is 13.2 Å². The summed E-state index contributed by atoms with van der Waals surface area (Å²) in [5.74, 6) is 0.622. The molecule has 1 aromatic rings. The van der Waals surface area contributed by atoms with Crippen molar-refractivity contribution >= 4 is 11.6 Å². The molecule has 0 bridgehead atoms. The molecule has 21 heavy (non-hydrogen) atoms. The van der Waals surface area contributed by atoms with Gasteiger partial charge in [-0.3, -0.25) is 0 Å². The lowest BCUT2D eigenvalue weighted by atomic mass is 9.96. The molecule has 0 unspecified atom stereocenters. The normalized spacial score (nSPS) is 17.6. The van der Waals surface area contributed by atoms with Crippen molar-refractivity contribution in [3.63, 3.8) is 0 Å². The average Bonchev–Trinajstić information content (AvgIpc) is 2.40. The van der Waals surface area contributed by atoms with E-state index in [0.29, 0.717) is 30.5 Å². The topological polar surface area (TPSA) is 55.0 Å². The number of aromatic nitrogens is 2. The quantitative estimate of drug-likeness (QED) is 0.911. The molecule has 1 saturated heterocycles. The Balaban J connectivity index is 2.20. The molecule has 0 aliphatic carbocycles. The van der Waals surface area contributed by atoms with E-state index >= 15 is 0 Å². The van der Waals surface area contributed by atoms with Gasteiger partial charge in [0.15, 0.2) is 0 Å². The molecule has 1 aliphatic rings. The second-order valence-electron chi connectivity index (χ2n) is 5.87. The fourth-order valence-electron chi connectivity index (χ4n) is 2.52. The molecule has 0 aromatic carbocycles. The lowest BCUT2D eigenvalue weighted by Gasteiger charge is -2.34. The van der Waals surface area contributed by atoms with E-state index < -0.39 is 12.1 Å². The number of anilines is 2. The van der Waals surface area contributed by atoms with Gasteiger partial charge in [0.05, 0.1) is 5.92 Å². The fourth-order valence-corrected chi connectivity index (χ4v) is 2.52. The highest BCUT2D eigenvalue weighted by atomic mass is 19.4. The third-order valence-corrected chi connectivity index (χ3v) is 3.95. The number of rotatable bonds is 2. The van der Waals surface area contributed by atoms with Gasteiger partial charge >= 0.3 is 6.18 Å². The first-order chi connectivity index (χ1) is 9.70. The summed E-state index contributed by atoms with van der Waals surface area (Å²) in [6, 6.07) is 0. The Labute approximate surface area is 122 Å². The van der Waals surface area contributed by atoms with E-state index in [1.807, 2.05) is 25.7 Å². The number of nitrogens with two attached hydrogens (primary N) is 1. The van der Waals surface area contributed by atoms with Gasteiger partial charge in [-0.2, -0.15) is 13.2 Å². The van der Waals surface area contributed by atoms with Crippen molar-refractivity contribution in [3.8, 4) is 0 Å². The largest absolute Gasteiger partial charge is 0.391 e. The molecule has 4 nitrogen and oxygen atoms in total. The van der Waals surface area contributed by atoms with Gasteiger partial charge in [-0.1, -0.05) is 13.8 Å². The molecule has 2 rings (SSSR count). The number of nitrogen functional groups attached to an aromatic ring is 1. The molecule has 1 fully saturated rings. The molecule has 7 heteroatoms. The summed E-state index contributed by atoms with van der Waals surface area (Å²) in [6.07, 6.45) is -3.90. The molecule has 118 valence electrons. The second-order valence-corrected chi connectivity index (χ2v) is 5.87. The monoisotopic (exact) mass is 302 g/mol. The third-order valence-electron chi connectivity index (χ3n) is 3.95. The highest BCUT2D eigenvalue weighted by Gasteiger charge is 2.41. The van der Waals surface area contributed by atoms with E-state index in [2.05, 4.69) is 9.97 Å². The Morgan fingerprint density at radius 2 is 1.76 bits per heavy atom. The smallest absolute Gasteiger partial charge is 0.383 e. The minimum atomic E-state index is -4.10. The van der Waals surface area contributed by atoms with E-state index in [4.69, 9.17) is 5.73 Å². The van der Waals surface area contributed by atoms with Crippen molar-refractivity contribution < 1.29 is 13.2 Å². The van der Waals surface area contributed by atoms with Gasteiger partial charge in [0.25, 0.3) is 0 Å². The molecule has 2 heterocycles. The number of nitrogens with zero attached hydrogens (tertiary/aromatic N) is 3. The SMILES string of the molecule is Cc1c(N)nc(C(C)C)nc1N1CCC(C(F)(F)F)CC1. The molecule has 0 amide bonds. The summed E-state index contributed by atoms with van der Waals surface area (Å²) in [4.78, 5) is 10.6. The van der Waals surface area contributed by atoms with Crippen LogP contribution in [-0.4, -0.2) is 29.2 Å². The Hall–Kier alpha value is -1.53. The van der Waals surface area contributed by atoms with Crippen molar-refractivity contribution in [1.29, 1.82) is 0 Å². The Bertz CT molecular complexity index is 506. The van der Waals surface area contributed by atoms with Crippen LogP contribution in [0.25, 0.3) is 0 Å². The standard InChI is InChI=1S/C14H21F3N4/c1-8(2)12-19-11(18)9(3)13(20-12)21-6-4-10(5-7-21)14(15,16)17/h8,10H,4-7H2,1-3H3,(H2,18,19,20). The van der Waals surface area contributed by atoms with Crippen LogP contribution < -0.4 is 10.6 Å². The first-order valence-corrected chi connectivity index (χ1v) is 7.15. The Kier molecular flexibility index (Phi) is 4.30. The van der Waals surface area contributed by atoms with Gasteiger partial charge in [-0.25, -0.2) is 9.97 Å². The molecular formula is C14H21F3N4. The lowest BCUT2D eigenvalue weighted by molar-refractivity contribution is -0.179.